The second kappa shape index (κ2) is 7.59. The standard InChI is InChI=1S/C20H18ClFN4O2/c21-13-7-8-17-15(10-13)20(14-4-1-2-5-16(14)22)26(28)11-18(24-17)19-6-3-9-25(19)12-23-27/h1-2,4-5,7-8,10,12,19,27H,3,6,9,11H2. The Morgan fingerprint density at radius 1 is 1.29 bits per heavy atom. The van der Waals surface area contributed by atoms with Crippen molar-refractivity contribution >= 4 is 35.1 Å². The molecule has 28 heavy (non-hydrogen) atoms. The van der Waals surface area contributed by atoms with Crippen molar-refractivity contribution in [1.29, 1.82) is 0 Å². The molecule has 0 radical (unpaired) electrons. The van der Waals surface area contributed by atoms with Crippen LogP contribution in [-0.2, 0) is 0 Å². The number of oxime groups is 1. The molecule has 0 spiro atoms. The second-order valence-corrected chi connectivity index (χ2v) is 7.19. The van der Waals surface area contributed by atoms with E-state index in [9.17, 15) is 9.60 Å². The molecule has 6 nitrogen and oxygen atoms in total. The van der Waals surface area contributed by atoms with Crippen LogP contribution >= 0.6 is 11.6 Å². The Kier molecular flexibility index (Phi) is 5.00. The number of fused-ring (bicyclic) bond motifs is 1. The molecule has 2 aromatic carbocycles. The summed E-state index contributed by atoms with van der Waals surface area (Å²) in [4.78, 5) is 6.60. The van der Waals surface area contributed by atoms with Gasteiger partial charge >= 0.3 is 0 Å². The molecule has 1 unspecified atom stereocenters. The van der Waals surface area contributed by atoms with Gasteiger partial charge in [-0.1, -0.05) is 28.9 Å². The summed E-state index contributed by atoms with van der Waals surface area (Å²) < 4.78 is 15.3. The number of benzene rings is 2. The molecule has 0 amide bonds. The molecule has 0 aliphatic carbocycles. The molecule has 2 aliphatic heterocycles. The molecular formula is C20H18ClFN4O2. The van der Waals surface area contributed by atoms with Crippen LogP contribution in [-0.4, -0.2) is 51.7 Å². The number of rotatable bonds is 3. The molecule has 0 aromatic heterocycles. The maximum absolute atomic E-state index is 14.5. The van der Waals surface area contributed by atoms with E-state index in [0.717, 1.165) is 17.6 Å². The maximum Gasteiger partial charge on any atom is 0.231 e. The van der Waals surface area contributed by atoms with Gasteiger partial charge in [-0.15, -0.1) is 0 Å². The van der Waals surface area contributed by atoms with Gasteiger partial charge in [0.05, 0.1) is 22.9 Å². The lowest BCUT2D eigenvalue weighted by atomic mass is 10.00. The topological polar surface area (TPSA) is 74.3 Å². The van der Waals surface area contributed by atoms with E-state index in [4.69, 9.17) is 21.8 Å². The van der Waals surface area contributed by atoms with Crippen LogP contribution in [0.3, 0.4) is 0 Å². The van der Waals surface area contributed by atoms with E-state index in [1.165, 1.54) is 12.4 Å². The third-order valence-corrected chi connectivity index (χ3v) is 5.28. The zero-order valence-corrected chi connectivity index (χ0v) is 15.7. The van der Waals surface area contributed by atoms with E-state index in [2.05, 4.69) is 5.16 Å². The average molecular weight is 401 g/mol. The molecule has 144 valence electrons. The summed E-state index contributed by atoms with van der Waals surface area (Å²) in [5.41, 5.74) is 2.10. The van der Waals surface area contributed by atoms with Crippen molar-refractivity contribution in [3.8, 4) is 0 Å². The summed E-state index contributed by atoms with van der Waals surface area (Å²) in [5.74, 6) is -0.484. The van der Waals surface area contributed by atoms with Crippen molar-refractivity contribution in [2.75, 3.05) is 13.1 Å². The summed E-state index contributed by atoms with van der Waals surface area (Å²) >= 11 is 6.17. The monoisotopic (exact) mass is 400 g/mol. The lowest BCUT2D eigenvalue weighted by molar-refractivity contribution is -0.439. The Hall–Kier alpha value is -2.93. The minimum atomic E-state index is -0.484. The number of hydrogen-bond acceptors (Lipinski definition) is 4. The predicted octanol–water partition coefficient (Wildman–Crippen LogP) is 3.79. The first-order valence-corrected chi connectivity index (χ1v) is 9.33. The normalized spacial score (nSPS) is 19.7. The molecule has 1 N–H and O–H groups in total. The van der Waals surface area contributed by atoms with E-state index in [-0.39, 0.29) is 23.9 Å². The molecule has 8 heteroatoms. The largest absolute Gasteiger partial charge is 0.623 e. The van der Waals surface area contributed by atoms with Crippen LogP contribution in [0.5, 0.6) is 0 Å². The predicted molar refractivity (Wildman–Crippen MR) is 107 cm³/mol. The molecule has 0 bridgehead atoms. The van der Waals surface area contributed by atoms with E-state index >= 15 is 0 Å². The number of aliphatic imine (C=N–C) groups is 1. The summed E-state index contributed by atoms with van der Waals surface area (Å²) in [5, 5.41) is 25.6. The Bertz CT molecular complexity index is 1010. The van der Waals surface area contributed by atoms with Crippen molar-refractivity contribution in [3.63, 3.8) is 0 Å². The van der Waals surface area contributed by atoms with Crippen LogP contribution < -0.4 is 0 Å². The van der Waals surface area contributed by atoms with Gasteiger partial charge < -0.3 is 15.3 Å². The Morgan fingerprint density at radius 2 is 2.11 bits per heavy atom. The van der Waals surface area contributed by atoms with Crippen LogP contribution in [0.25, 0.3) is 0 Å². The lowest BCUT2D eigenvalue weighted by Crippen LogP contribution is -2.39. The zero-order chi connectivity index (χ0) is 19.7. The van der Waals surface area contributed by atoms with Crippen LogP contribution in [0.15, 0.2) is 52.6 Å². The molecule has 2 aliphatic rings. The fourth-order valence-electron chi connectivity index (χ4n) is 3.81. The molecular weight excluding hydrogens is 383 g/mol. The van der Waals surface area contributed by atoms with Gasteiger partial charge in [0.15, 0.2) is 6.54 Å². The number of hydroxylamine groups is 1. The van der Waals surface area contributed by atoms with E-state index in [1.54, 1.807) is 36.4 Å². The number of likely N-dealkylation sites (tertiary alicyclic amines) is 1. The average Bonchev–Trinajstić information content (AvgIpc) is 3.08. The Balaban J connectivity index is 1.88. The number of halogens is 2. The maximum atomic E-state index is 14.5. The SMILES string of the molecule is [O-][N+]1=C(c2ccccc2F)c2cc(Cl)ccc2N=C(C2CCCN2C=NO)C1. The van der Waals surface area contributed by atoms with Crippen molar-refractivity contribution < 1.29 is 14.3 Å². The van der Waals surface area contributed by atoms with Gasteiger partial charge in [0, 0.05) is 11.6 Å². The minimum absolute atomic E-state index is 0.0175. The first-order valence-electron chi connectivity index (χ1n) is 8.95. The summed E-state index contributed by atoms with van der Waals surface area (Å²) in [6.07, 6.45) is 3.03. The van der Waals surface area contributed by atoms with E-state index < -0.39 is 5.82 Å². The molecule has 1 fully saturated rings. The van der Waals surface area contributed by atoms with Crippen LogP contribution in [0.1, 0.15) is 24.0 Å². The minimum Gasteiger partial charge on any atom is -0.623 e. The third kappa shape index (κ3) is 3.33. The van der Waals surface area contributed by atoms with Crippen molar-refractivity contribution in [3.05, 3.63) is 69.6 Å². The highest BCUT2D eigenvalue weighted by molar-refractivity contribution is 6.31. The highest BCUT2D eigenvalue weighted by atomic mass is 35.5. The molecule has 4 rings (SSSR count). The van der Waals surface area contributed by atoms with Crippen molar-refractivity contribution in [2.45, 2.75) is 18.9 Å². The molecule has 0 saturated carbocycles. The summed E-state index contributed by atoms with van der Waals surface area (Å²) in [7, 11) is 0. The Labute approximate surface area is 166 Å². The number of nitrogens with zero attached hydrogens (tertiary/aromatic N) is 4. The molecule has 1 saturated heterocycles. The van der Waals surface area contributed by atoms with E-state index in [1.807, 2.05) is 4.90 Å². The Morgan fingerprint density at radius 3 is 2.89 bits per heavy atom. The zero-order valence-electron chi connectivity index (χ0n) is 14.9. The van der Waals surface area contributed by atoms with Gasteiger partial charge in [-0.2, -0.15) is 4.74 Å². The molecule has 1 atom stereocenters. The fraction of sp³-hybridized carbons (Fsp3) is 0.250. The smallest absolute Gasteiger partial charge is 0.231 e. The first-order chi connectivity index (χ1) is 13.6. The number of hydrogen-bond donors (Lipinski definition) is 1. The molecule has 2 heterocycles. The second-order valence-electron chi connectivity index (χ2n) is 6.76. The highest BCUT2D eigenvalue weighted by Crippen LogP contribution is 2.30. The van der Waals surface area contributed by atoms with Gasteiger partial charge in [-0.3, -0.25) is 0 Å². The van der Waals surface area contributed by atoms with E-state index in [0.29, 0.717) is 28.5 Å². The van der Waals surface area contributed by atoms with Gasteiger partial charge in [0.25, 0.3) is 0 Å². The first kappa shape index (κ1) is 18.4. The van der Waals surface area contributed by atoms with Crippen LogP contribution in [0.2, 0.25) is 5.02 Å². The quantitative estimate of drug-likeness (QED) is 0.213. The summed E-state index contributed by atoms with van der Waals surface area (Å²) in [6.45, 7) is 0.695. The van der Waals surface area contributed by atoms with Gasteiger partial charge in [-0.25, -0.2) is 9.38 Å². The third-order valence-electron chi connectivity index (χ3n) is 5.04. The van der Waals surface area contributed by atoms with Gasteiger partial charge in [0.1, 0.15) is 17.9 Å². The van der Waals surface area contributed by atoms with Gasteiger partial charge in [-0.05, 0) is 43.2 Å². The lowest BCUT2D eigenvalue weighted by Gasteiger charge is -2.22. The fourth-order valence-corrected chi connectivity index (χ4v) is 3.98. The van der Waals surface area contributed by atoms with Crippen LogP contribution in [0, 0.1) is 11.0 Å². The highest BCUT2D eigenvalue weighted by Gasteiger charge is 2.33. The summed E-state index contributed by atoms with van der Waals surface area (Å²) in [6, 6.07) is 11.1. The van der Waals surface area contributed by atoms with Crippen LogP contribution in [0.4, 0.5) is 10.1 Å². The molecule has 2 aromatic rings. The van der Waals surface area contributed by atoms with Crippen molar-refractivity contribution in [1.82, 2.24) is 4.90 Å². The van der Waals surface area contributed by atoms with Gasteiger partial charge in [0.2, 0.25) is 5.71 Å². The van der Waals surface area contributed by atoms with Crippen molar-refractivity contribution in [2.24, 2.45) is 10.1 Å².